The maximum Gasteiger partial charge on any atom is 0.405 e. The van der Waals surface area contributed by atoms with Gasteiger partial charge in [-0.3, -0.25) is 9.59 Å². The first-order valence-corrected chi connectivity index (χ1v) is 10.1. The van der Waals surface area contributed by atoms with E-state index in [2.05, 4.69) is 15.4 Å². The third-order valence-corrected chi connectivity index (χ3v) is 4.58. The Balaban J connectivity index is 5.01. The summed E-state index contributed by atoms with van der Waals surface area (Å²) in [7, 11) is 0. The van der Waals surface area contributed by atoms with Gasteiger partial charge in [-0.15, -0.1) is 0 Å². The highest BCUT2D eigenvalue weighted by molar-refractivity contribution is 8.13. The highest BCUT2D eigenvalue weighted by atomic mass is 32.2. The molecule has 164 valence electrons. The molecule has 0 saturated carbocycles. The average molecular weight is 454 g/mol. The number of hydrogen-bond donors (Lipinski definition) is 6. The van der Waals surface area contributed by atoms with Crippen LogP contribution in [0.1, 0.15) is 13.8 Å². The zero-order valence-electron chi connectivity index (χ0n) is 15.6. The number of carbonyl (C=O) groups is 6. The first-order chi connectivity index (χ1) is 13.6. The van der Waals surface area contributed by atoms with Crippen LogP contribution in [0.15, 0.2) is 0 Å². The number of carboxylic acid groups (broad SMARTS) is 2. The second-order valence-electron chi connectivity index (χ2n) is 5.00. The smallest absolute Gasteiger partial charge is 0.405 e. The van der Waals surface area contributed by atoms with Crippen molar-refractivity contribution in [3.63, 3.8) is 0 Å². The third-order valence-electron chi connectivity index (χ3n) is 2.77. The highest BCUT2D eigenvalue weighted by Crippen LogP contribution is 2.09. The Morgan fingerprint density at radius 1 is 0.759 bits per heavy atom. The number of rotatable bonds is 10. The van der Waals surface area contributed by atoms with Crippen molar-refractivity contribution >= 4 is 58.1 Å². The van der Waals surface area contributed by atoms with E-state index >= 15 is 0 Å². The molecular formula is C14H22N4O9S2. The molecule has 0 aliphatic carbocycles. The number of carbonyl (C=O) groups excluding carboxylic acids is 4. The molecule has 0 rings (SSSR count). The summed E-state index contributed by atoms with van der Waals surface area (Å²) >= 11 is 1.18. The summed E-state index contributed by atoms with van der Waals surface area (Å²) in [5, 5.41) is 25.0. The lowest BCUT2D eigenvalue weighted by Crippen LogP contribution is -2.48. The average Bonchev–Trinajstić information content (AvgIpc) is 2.61. The summed E-state index contributed by atoms with van der Waals surface area (Å²) in [4.78, 5) is 68.8. The molecule has 0 radical (unpaired) electrons. The normalized spacial score (nSPS) is 12.1. The molecule has 6 N–H and O–H groups in total. The van der Waals surface area contributed by atoms with E-state index in [4.69, 9.17) is 10.2 Å². The van der Waals surface area contributed by atoms with Gasteiger partial charge in [0.05, 0.1) is 0 Å². The molecule has 0 aromatic carbocycles. The lowest BCUT2D eigenvalue weighted by molar-refractivity contribution is -0.161. The molecule has 13 nitrogen and oxygen atoms in total. The van der Waals surface area contributed by atoms with Crippen molar-refractivity contribution in [3.8, 4) is 0 Å². The molecule has 2 atom stereocenters. The van der Waals surface area contributed by atoms with Crippen molar-refractivity contribution in [2.75, 3.05) is 24.6 Å². The number of esters is 2. The Bertz CT molecular complexity index is 580. The van der Waals surface area contributed by atoms with Crippen LogP contribution in [0.4, 0.5) is 19.2 Å². The molecule has 0 bridgehead atoms. The number of hydrogen-bond acceptors (Lipinski definition) is 9. The molecule has 0 aliphatic rings. The van der Waals surface area contributed by atoms with E-state index in [0.29, 0.717) is 36.6 Å². The molecule has 29 heavy (non-hydrogen) atoms. The minimum Gasteiger partial charge on any atom is -0.465 e. The van der Waals surface area contributed by atoms with E-state index < -0.39 is 46.7 Å². The number of amides is 4. The monoisotopic (exact) mass is 454 g/mol. The summed E-state index contributed by atoms with van der Waals surface area (Å²) in [6, 6.07) is -3.13. The quantitative estimate of drug-likeness (QED) is 0.195. The van der Waals surface area contributed by atoms with Gasteiger partial charge in [0.1, 0.15) is 12.1 Å². The molecule has 0 spiro atoms. The predicted molar refractivity (Wildman–Crippen MR) is 104 cm³/mol. The Morgan fingerprint density at radius 3 is 1.38 bits per heavy atom. The van der Waals surface area contributed by atoms with Gasteiger partial charge in [0, 0.05) is 24.6 Å². The summed E-state index contributed by atoms with van der Waals surface area (Å²) in [5.74, 6) is -3.38. The van der Waals surface area contributed by atoms with E-state index in [1.54, 1.807) is 13.8 Å². The van der Waals surface area contributed by atoms with Gasteiger partial charge in [-0.2, -0.15) is 0 Å². The molecule has 0 aromatic rings. The third kappa shape index (κ3) is 12.4. The number of ether oxygens (including phenoxy) is 1. The van der Waals surface area contributed by atoms with Crippen LogP contribution in [0.2, 0.25) is 0 Å². The van der Waals surface area contributed by atoms with Crippen LogP contribution in [-0.4, -0.2) is 81.5 Å². The molecule has 0 unspecified atom stereocenters. The molecule has 4 amide bonds. The van der Waals surface area contributed by atoms with Crippen molar-refractivity contribution in [2.24, 2.45) is 0 Å². The number of nitrogens with one attached hydrogen (secondary N) is 4. The van der Waals surface area contributed by atoms with Gasteiger partial charge in [0.15, 0.2) is 0 Å². The van der Waals surface area contributed by atoms with Crippen LogP contribution < -0.4 is 21.3 Å². The maximum absolute atomic E-state index is 12.1. The Labute approximate surface area is 174 Å². The van der Waals surface area contributed by atoms with Crippen molar-refractivity contribution in [2.45, 2.75) is 25.9 Å². The predicted octanol–water partition coefficient (Wildman–Crippen LogP) is 0.254. The SMILES string of the molecule is CCNC(=O)SC[C@H](NC(=O)O)C(=O)OC(=O)[C@H](CSC(=O)NCC)NC(=O)O. The first-order valence-electron chi connectivity index (χ1n) is 8.16. The van der Waals surface area contributed by atoms with E-state index in [-0.39, 0.29) is 11.5 Å². The van der Waals surface area contributed by atoms with Gasteiger partial charge >= 0.3 is 24.1 Å². The Morgan fingerprint density at radius 2 is 1.10 bits per heavy atom. The Hall–Kier alpha value is -2.68. The molecular weight excluding hydrogens is 432 g/mol. The Kier molecular flexibility index (Phi) is 13.0. The lowest BCUT2D eigenvalue weighted by Gasteiger charge is -2.18. The molecule has 0 aromatic heterocycles. The molecule has 0 saturated heterocycles. The first kappa shape index (κ1) is 26.3. The van der Waals surface area contributed by atoms with Gasteiger partial charge in [-0.05, 0) is 13.8 Å². The van der Waals surface area contributed by atoms with Crippen molar-refractivity contribution in [3.05, 3.63) is 0 Å². The summed E-state index contributed by atoms with van der Waals surface area (Å²) in [6.45, 7) is 3.95. The van der Waals surface area contributed by atoms with Gasteiger partial charge in [-0.25, -0.2) is 19.2 Å². The van der Waals surface area contributed by atoms with E-state index in [9.17, 15) is 28.8 Å². The lowest BCUT2D eigenvalue weighted by atomic mass is 10.3. The fourth-order valence-corrected chi connectivity index (χ4v) is 3.15. The standard InChI is InChI=1S/C14H22N4O9S2/c1-3-15-13(25)28-5-7(17-11(21)22)9(19)27-10(20)8(18-12(23)24)6-29-14(26)16-4-2/h7-8,17-18H,3-6H2,1-2H3,(H,15,25)(H,16,26)(H,21,22)(H,23,24)/t7-,8-/m0/s1. The van der Waals surface area contributed by atoms with Gasteiger partial charge in [0.2, 0.25) is 0 Å². The topological polar surface area (TPSA) is 200 Å². The summed E-state index contributed by atoms with van der Waals surface area (Å²) < 4.78 is 4.54. The molecule has 0 fully saturated rings. The minimum absolute atomic E-state index is 0.317. The largest absolute Gasteiger partial charge is 0.465 e. The van der Waals surface area contributed by atoms with Crippen LogP contribution >= 0.6 is 23.5 Å². The van der Waals surface area contributed by atoms with Gasteiger partial charge < -0.3 is 36.2 Å². The zero-order chi connectivity index (χ0) is 22.4. The van der Waals surface area contributed by atoms with Crippen molar-refractivity contribution < 1.29 is 43.7 Å². The minimum atomic E-state index is -1.59. The van der Waals surface area contributed by atoms with Crippen LogP contribution in [0, 0.1) is 0 Å². The molecule has 0 heterocycles. The second-order valence-corrected chi connectivity index (χ2v) is 6.99. The fraction of sp³-hybridized carbons (Fsp3) is 0.571. The van der Waals surface area contributed by atoms with Crippen molar-refractivity contribution in [1.29, 1.82) is 0 Å². The van der Waals surface area contributed by atoms with Gasteiger partial charge in [-0.1, -0.05) is 23.5 Å². The van der Waals surface area contributed by atoms with Crippen LogP contribution in [0.25, 0.3) is 0 Å². The number of thioether (sulfide) groups is 2. The highest BCUT2D eigenvalue weighted by Gasteiger charge is 2.30. The van der Waals surface area contributed by atoms with E-state index in [1.807, 2.05) is 10.6 Å². The maximum atomic E-state index is 12.1. The molecule has 15 heteroatoms. The van der Waals surface area contributed by atoms with Crippen LogP contribution in [-0.2, 0) is 14.3 Å². The van der Waals surface area contributed by atoms with Gasteiger partial charge in [0.25, 0.3) is 10.5 Å². The van der Waals surface area contributed by atoms with Crippen LogP contribution in [0.5, 0.6) is 0 Å². The summed E-state index contributed by atoms with van der Waals surface area (Å²) in [5.41, 5.74) is 0. The zero-order valence-corrected chi connectivity index (χ0v) is 17.2. The van der Waals surface area contributed by atoms with Crippen LogP contribution in [0.3, 0.4) is 0 Å². The summed E-state index contributed by atoms with van der Waals surface area (Å²) in [6.07, 6.45) is -3.19. The van der Waals surface area contributed by atoms with E-state index in [0.717, 1.165) is 0 Å². The second kappa shape index (κ2) is 14.3. The molecule has 0 aliphatic heterocycles. The van der Waals surface area contributed by atoms with E-state index in [1.165, 1.54) is 0 Å². The fourth-order valence-electron chi connectivity index (χ4n) is 1.59. The van der Waals surface area contributed by atoms with Crippen molar-refractivity contribution in [1.82, 2.24) is 21.3 Å².